The monoisotopic (exact) mass is 715 g/mol. The van der Waals surface area contributed by atoms with Gasteiger partial charge >= 0.3 is 23.9 Å². The number of aliphatic carboxylic acids is 3. The first-order valence-electron chi connectivity index (χ1n) is 19.4. The number of carbonyl (C=O) groups excluding carboxylic acids is 2. The van der Waals surface area contributed by atoms with Gasteiger partial charge in [0, 0.05) is 0 Å². The van der Waals surface area contributed by atoms with E-state index >= 15 is 0 Å². The molecule has 0 amide bonds. The van der Waals surface area contributed by atoms with Crippen molar-refractivity contribution in [3.8, 4) is 0 Å². The summed E-state index contributed by atoms with van der Waals surface area (Å²) in [6, 6.07) is 0. The SMILES string of the molecule is CC(C)C(C)C(=O)O.CCCC(CC)C(=O)O.CCCC=CC=O.CCCCCCCOC(=O)C(C)(CC)CCC(C)(CCCCC)C(=O)O. The lowest BCUT2D eigenvalue weighted by Crippen LogP contribution is -2.34. The molecule has 0 bridgehead atoms. The van der Waals surface area contributed by atoms with Crippen LogP contribution >= 0.6 is 0 Å². The van der Waals surface area contributed by atoms with Crippen molar-refractivity contribution >= 4 is 30.2 Å². The second-order valence-corrected chi connectivity index (χ2v) is 14.2. The number of carboxylic acids is 3. The van der Waals surface area contributed by atoms with Crippen molar-refractivity contribution < 1.29 is 44.0 Å². The molecule has 0 heterocycles. The van der Waals surface area contributed by atoms with Gasteiger partial charge in [-0.15, -0.1) is 0 Å². The van der Waals surface area contributed by atoms with Gasteiger partial charge in [-0.1, -0.05) is 126 Å². The normalized spacial score (nSPS) is 14.2. The van der Waals surface area contributed by atoms with Crippen molar-refractivity contribution in [2.24, 2.45) is 28.6 Å². The Morgan fingerprint density at radius 3 is 1.58 bits per heavy atom. The largest absolute Gasteiger partial charge is 0.481 e. The molecule has 0 radical (unpaired) electrons. The summed E-state index contributed by atoms with van der Waals surface area (Å²) < 4.78 is 5.52. The molecule has 4 unspecified atom stereocenters. The van der Waals surface area contributed by atoms with Gasteiger partial charge in [0.1, 0.15) is 6.29 Å². The maximum absolute atomic E-state index is 12.6. The lowest BCUT2D eigenvalue weighted by atomic mass is 9.73. The smallest absolute Gasteiger partial charge is 0.311 e. The van der Waals surface area contributed by atoms with Crippen LogP contribution in [-0.2, 0) is 28.7 Å². The summed E-state index contributed by atoms with van der Waals surface area (Å²) >= 11 is 0. The number of hydrogen-bond acceptors (Lipinski definition) is 6. The van der Waals surface area contributed by atoms with Crippen LogP contribution in [0.3, 0.4) is 0 Å². The number of carbonyl (C=O) groups is 5. The van der Waals surface area contributed by atoms with Gasteiger partial charge in [-0.05, 0) is 77.2 Å². The number of aldehydes is 1. The minimum Gasteiger partial charge on any atom is -0.481 e. The number of carboxylic acid groups (broad SMARTS) is 3. The van der Waals surface area contributed by atoms with Crippen molar-refractivity contribution in [1.82, 2.24) is 0 Å². The quantitative estimate of drug-likeness (QED) is 0.0362. The van der Waals surface area contributed by atoms with E-state index in [1.165, 1.54) is 25.3 Å². The number of unbranched alkanes of at least 4 members (excludes halogenated alkanes) is 7. The zero-order valence-electron chi connectivity index (χ0n) is 34.0. The predicted octanol–water partition coefficient (Wildman–Crippen LogP) is 11.2. The molecule has 0 saturated heterocycles. The minimum absolute atomic E-state index is 0.116. The van der Waals surface area contributed by atoms with Gasteiger partial charge in [-0.3, -0.25) is 24.0 Å². The number of hydrogen-bond donors (Lipinski definition) is 3. The van der Waals surface area contributed by atoms with E-state index in [2.05, 4.69) is 20.8 Å². The summed E-state index contributed by atoms with van der Waals surface area (Å²) in [5.74, 6) is -2.37. The van der Waals surface area contributed by atoms with Crippen LogP contribution in [0.4, 0.5) is 0 Å². The zero-order chi connectivity index (χ0) is 39.6. The van der Waals surface area contributed by atoms with Crippen molar-refractivity contribution in [2.75, 3.05) is 6.61 Å². The Hall–Kier alpha value is -2.71. The first-order valence-corrected chi connectivity index (χ1v) is 19.4. The molecular formula is C41H78O9. The molecule has 0 fully saturated rings. The lowest BCUT2D eigenvalue weighted by Gasteiger charge is -2.31. The highest BCUT2D eigenvalue weighted by molar-refractivity contribution is 5.77. The van der Waals surface area contributed by atoms with Gasteiger partial charge in [0.25, 0.3) is 0 Å². The van der Waals surface area contributed by atoms with Crippen LogP contribution in [0.1, 0.15) is 185 Å². The fourth-order valence-electron chi connectivity index (χ4n) is 4.58. The van der Waals surface area contributed by atoms with Crippen molar-refractivity contribution in [1.29, 1.82) is 0 Å². The molecule has 9 nitrogen and oxygen atoms in total. The summed E-state index contributed by atoms with van der Waals surface area (Å²) in [7, 11) is 0. The lowest BCUT2D eigenvalue weighted by molar-refractivity contribution is -0.158. The molecule has 296 valence electrons. The average Bonchev–Trinajstić information content (AvgIpc) is 3.08. The summed E-state index contributed by atoms with van der Waals surface area (Å²) in [6.45, 7) is 22.0. The van der Waals surface area contributed by atoms with E-state index in [1.54, 1.807) is 6.92 Å². The van der Waals surface area contributed by atoms with E-state index in [-0.39, 0.29) is 23.7 Å². The molecule has 0 aliphatic heterocycles. The molecule has 9 heteroatoms. The molecule has 0 aliphatic rings. The summed E-state index contributed by atoms with van der Waals surface area (Å²) in [4.78, 5) is 54.4. The van der Waals surface area contributed by atoms with E-state index in [4.69, 9.17) is 14.9 Å². The molecule has 0 aromatic carbocycles. The second kappa shape index (κ2) is 34.7. The third-order valence-electron chi connectivity index (χ3n) is 9.37. The van der Waals surface area contributed by atoms with Crippen LogP contribution in [0.15, 0.2) is 12.2 Å². The average molecular weight is 715 g/mol. The molecule has 0 rings (SSSR count). The fourth-order valence-corrected chi connectivity index (χ4v) is 4.58. The summed E-state index contributed by atoms with van der Waals surface area (Å²) in [5.41, 5.74) is -1.35. The van der Waals surface area contributed by atoms with Crippen LogP contribution in [0.5, 0.6) is 0 Å². The number of rotatable bonds is 25. The molecule has 3 N–H and O–H groups in total. The van der Waals surface area contributed by atoms with Crippen LogP contribution in [0, 0.1) is 28.6 Å². The highest BCUT2D eigenvalue weighted by Crippen LogP contribution is 2.38. The van der Waals surface area contributed by atoms with Crippen LogP contribution in [0.2, 0.25) is 0 Å². The van der Waals surface area contributed by atoms with E-state index in [9.17, 15) is 29.1 Å². The molecule has 0 aliphatic carbocycles. The third-order valence-corrected chi connectivity index (χ3v) is 9.37. The van der Waals surface area contributed by atoms with E-state index < -0.39 is 28.7 Å². The van der Waals surface area contributed by atoms with E-state index in [0.29, 0.717) is 32.3 Å². The molecule has 0 spiro atoms. The van der Waals surface area contributed by atoms with Gasteiger partial charge in [0.05, 0.1) is 29.3 Å². The molecule has 0 aromatic heterocycles. The third kappa shape index (κ3) is 30.1. The first kappa shape index (κ1) is 54.1. The zero-order valence-corrected chi connectivity index (χ0v) is 34.0. The van der Waals surface area contributed by atoms with Gasteiger partial charge in [-0.2, -0.15) is 0 Å². The van der Waals surface area contributed by atoms with Crippen LogP contribution in [0.25, 0.3) is 0 Å². The van der Waals surface area contributed by atoms with Gasteiger partial charge in [0.15, 0.2) is 0 Å². The Balaban J connectivity index is -0.000000355. The van der Waals surface area contributed by atoms with Crippen LogP contribution in [-0.4, -0.2) is 52.1 Å². The van der Waals surface area contributed by atoms with E-state index in [1.807, 2.05) is 54.5 Å². The standard InChI is InChI=1S/C22H42O4.C7H14O2.C6H12O2.C6H10O/c1-6-9-11-12-14-18-26-20(25)21(4,8-3)16-17-22(5,19(23)24)15-13-10-7-2;1-3-5-6(4-2)7(8)9;1-4(2)5(3)6(7)8;1-2-3-4-5-6-7/h6-18H2,1-5H3,(H,23,24);6H,3-5H2,1-2H3,(H,8,9);4-5H,1-3H3,(H,7,8);4-6H,2-3H2,1H3. The Morgan fingerprint density at radius 1 is 0.680 bits per heavy atom. The van der Waals surface area contributed by atoms with E-state index in [0.717, 1.165) is 70.5 Å². The maximum Gasteiger partial charge on any atom is 0.311 e. The number of ether oxygens (including phenoxy) is 1. The summed E-state index contributed by atoms with van der Waals surface area (Å²) in [6.07, 6.45) is 20.0. The highest BCUT2D eigenvalue weighted by atomic mass is 16.5. The first-order chi connectivity index (χ1) is 23.4. The van der Waals surface area contributed by atoms with Crippen molar-refractivity contribution in [3.63, 3.8) is 0 Å². The maximum atomic E-state index is 12.6. The van der Waals surface area contributed by atoms with Crippen molar-refractivity contribution in [3.05, 3.63) is 12.2 Å². The van der Waals surface area contributed by atoms with Gasteiger partial charge in [-0.25, -0.2) is 0 Å². The molecule has 0 aromatic rings. The fraction of sp³-hybridized carbons (Fsp3) is 0.829. The Morgan fingerprint density at radius 2 is 1.22 bits per heavy atom. The van der Waals surface area contributed by atoms with Gasteiger partial charge < -0.3 is 20.1 Å². The number of esters is 1. The molecular weight excluding hydrogens is 636 g/mol. The summed E-state index contributed by atoms with van der Waals surface area (Å²) in [5, 5.41) is 26.5. The second-order valence-electron chi connectivity index (χ2n) is 14.2. The van der Waals surface area contributed by atoms with Gasteiger partial charge in [0.2, 0.25) is 0 Å². The highest BCUT2D eigenvalue weighted by Gasteiger charge is 2.39. The molecule has 0 saturated carbocycles. The Kier molecular flexibility index (Phi) is 37.6. The predicted molar refractivity (Wildman–Crippen MR) is 205 cm³/mol. The topological polar surface area (TPSA) is 155 Å². The minimum atomic E-state index is -0.758. The molecule has 50 heavy (non-hydrogen) atoms. The Bertz CT molecular complexity index is 898. The van der Waals surface area contributed by atoms with Crippen LogP contribution < -0.4 is 0 Å². The van der Waals surface area contributed by atoms with Crippen molar-refractivity contribution in [2.45, 2.75) is 185 Å². The molecule has 4 atom stereocenters. The number of allylic oxidation sites excluding steroid dienone is 2. The Labute approximate surface area is 306 Å².